The van der Waals surface area contributed by atoms with Gasteiger partial charge in [0, 0.05) is 17.6 Å². The molecule has 0 saturated carbocycles. The number of hydrogen-bond donors (Lipinski definition) is 3. The van der Waals surface area contributed by atoms with Gasteiger partial charge < -0.3 is 16.8 Å². The monoisotopic (exact) mass is 252 g/mol. The summed E-state index contributed by atoms with van der Waals surface area (Å²) < 4.78 is 0. The maximum atomic E-state index is 5.64. The number of anilines is 4. The summed E-state index contributed by atoms with van der Waals surface area (Å²) in [6.07, 6.45) is 1.75. The van der Waals surface area contributed by atoms with Gasteiger partial charge in [0.15, 0.2) is 0 Å². The molecule has 0 unspecified atom stereocenters. The normalized spacial score (nSPS) is 10.5. The lowest BCUT2D eigenvalue weighted by Gasteiger charge is -2.09. The summed E-state index contributed by atoms with van der Waals surface area (Å²) in [6, 6.07) is 11.4. The van der Waals surface area contributed by atoms with Gasteiger partial charge in [0.2, 0.25) is 5.95 Å². The number of rotatable bonds is 2. The Morgan fingerprint density at radius 1 is 1.00 bits per heavy atom. The molecule has 2 aromatic heterocycles. The van der Waals surface area contributed by atoms with Crippen molar-refractivity contribution in [1.82, 2.24) is 15.0 Å². The number of pyridine rings is 1. The summed E-state index contributed by atoms with van der Waals surface area (Å²) >= 11 is 0. The summed E-state index contributed by atoms with van der Waals surface area (Å²) in [4.78, 5) is 12.3. The Labute approximate surface area is 109 Å². The molecule has 0 radical (unpaired) electrons. The zero-order valence-corrected chi connectivity index (χ0v) is 10.0. The molecule has 0 bridgehead atoms. The van der Waals surface area contributed by atoms with Crippen LogP contribution in [0, 0.1) is 0 Å². The van der Waals surface area contributed by atoms with Gasteiger partial charge in [-0.1, -0.05) is 18.2 Å². The van der Waals surface area contributed by atoms with E-state index in [-0.39, 0.29) is 5.95 Å². The molecule has 0 aliphatic rings. The molecule has 1 aromatic carbocycles. The van der Waals surface area contributed by atoms with E-state index >= 15 is 0 Å². The van der Waals surface area contributed by atoms with Crippen molar-refractivity contribution in [3.8, 4) is 0 Å². The van der Waals surface area contributed by atoms with E-state index in [0.29, 0.717) is 11.6 Å². The van der Waals surface area contributed by atoms with E-state index in [0.717, 1.165) is 16.6 Å². The van der Waals surface area contributed by atoms with Crippen LogP contribution in [0.1, 0.15) is 0 Å². The zero-order valence-electron chi connectivity index (χ0n) is 10.0. The number of nitrogen functional groups attached to an aromatic ring is 2. The molecule has 3 rings (SSSR count). The third kappa shape index (κ3) is 2.23. The van der Waals surface area contributed by atoms with E-state index in [1.807, 2.05) is 30.3 Å². The average molecular weight is 252 g/mol. The highest BCUT2D eigenvalue weighted by molar-refractivity contribution is 5.91. The van der Waals surface area contributed by atoms with E-state index < -0.39 is 0 Å². The van der Waals surface area contributed by atoms with Crippen molar-refractivity contribution < 1.29 is 0 Å². The molecule has 0 saturated heterocycles. The first-order chi connectivity index (χ1) is 9.22. The van der Waals surface area contributed by atoms with Gasteiger partial charge in [-0.05, 0) is 12.1 Å². The first-order valence-electron chi connectivity index (χ1n) is 5.73. The standard InChI is InChI=1S/C13H12N6/c14-10-7-11(19-13(15)18-10)17-9-5-1-3-8-4-2-6-16-12(8)9/h1-7H,(H5,14,15,17,18,19). The Morgan fingerprint density at radius 3 is 2.68 bits per heavy atom. The molecule has 0 aliphatic heterocycles. The van der Waals surface area contributed by atoms with Crippen molar-refractivity contribution in [2.75, 3.05) is 16.8 Å². The Kier molecular flexibility index (Phi) is 2.60. The molecule has 0 spiro atoms. The Morgan fingerprint density at radius 2 is 1.84 bits per heavy atom. The zero-order chi connectivity index (χ0) is 13.2. The highest BCUT2D eigenvalue weighted by Gasteiger charge is 2.04. The Bertz CT molecular complexity index is 715. The van der Waals surface area contributed by atoms with Gasteiger partial charge in [0.25, 0.3) is 0 Å². The molecule has 6 heteroatoms. The summed E-state index contributed by atoms with van der Waals surface area (Å²) in [5, 5.41) is 4.20. The first kappa shape index (κ1) is 11.2. The highest BCUT2D eigenvalue weighted by atomic mass is 15.1. The van der Waals surface area contributed by atoms with Crippen LogP contribution < -0.4 is 16.8 Å². The van der Waals surface area contributed by atoms with Crippen LogP contribution in [0.4, 0.5) is 23.3 Å². The fourth-order valence-electron chi connectivity index (χ4n) is 1.89. The Hall–Kier alpha value is -2.89. The van der Waals surface area contributed by atoms with E-state index in [1.54, 1.807) is 12.3 Å². The summed E-state index contributed by atoms with van der Waals surface area (Å²) in [5.74, 6) is 1.00. The second kappa shape index (κ2) is 4.41. The average Bonchev–Trinajstić information content (AvgIpc) is 2.38. The lowest BCUT2D eigenvalue weighted by molar-refractivity contribution is 1.19. The van der Waals surface area contributed by atoms with E-state index in [4.69, 9.17) is 11.5 Å². The van der Waals surface area contributed by atoms with Crippen LogP contribution in [0.5, 0.6) is 0 Å². The molecule has 0 fully saturated rings. The largest absolute Gasteiger partial charge is 0.383 e. The van der Waals surface area contributed by atoms with Crippen LogP contribution >= 0.6 is 0 Å². The number of nitrogens with zero attached hydrogens (tertiary/aromatic N) is 3. The second-order valence-corrected chi connectivity index (χ2v) is 4.04. The van der Waals surface area contributed by atoms with Gasteiger partial charge in [-0.25, -0.2) is 0 Å². The van der Waals surface area contributed by atoms with Crippen molar-refractivity contribution in [3.63, 3.8) is 0 Å². The molecule has 6 nitrogen and oxygen atoms in total. The van der Waals surface area contributed by atoms with Crippen molar-refractivity contribution in [1.29, 1.82) is 0 Å². The smallest absolute Gasteiger partial charge is 0.223 e. The van der Waals surface area contributed by atoms with Gasteiger partial charge in [-0.15, -0.1) is 0 Å². The second-order valence-electron chi connectivity index (χ2n) is 4.04. The van der Waals surface area contributed by atoms with Gasteiger partial charge in [-0.2, -0.15) is 9.97 Å². The molecule has 3 aromatic rings. The molecule has 5 N–H and O–H groups in total. The maximum Gasteiger partial charge on any atom is 0.223 e. The molecular weight excluding hydrogens is 240 g/mol. The molecule has 2 heterocycles. The van der Waals surface area contributed by atoms with Crippen LogP contribution in [-0.2, 0) is 0 Å². The van der Waals surface area contributed by atoms with Gasteiger partial charge in [0.1, 0.15) is 11.6 Å². The lowest BCUT2D eigenvalue weighted by atomic mass is 10.2. The van der Waals surface area contributed by atoms with E-state index in [2.05, 4.69) is 20.3 Å². The number of nitrogens with one attached hydrogen (secondary N) is 1. The number of aromatic nitrogens is 3. The number of fused-ring (bicyclic) bond motifs is 1. The molecule has 94 valence electrons. The fraction of sp³-hybridized carbons (Fsp3) is 0. The maximum absolute atomic E-state index is 5.64. The van der Waals surface area contributed by atoms with Crippen molar-refractivity contribution in [3.05, 3.63) is 42.6 Å². The van der Waals surface area contributed by atoms with Crippen molar-refractivity contribution in [2.45, 2.75) is 0 Å². The quantitative estimate of drug-likeness (QED) is 0.644. The minimum absolute atomic E-state index is 0.135. The molecule has 19 heavy (non-hydrogen) atoms. The molecule has 0 atom stereocenters. The lowest BCUT2D eigenvalue weighted by Crippen LogP contribution is -2.03. The van der Waals surface area contributed by atoms with Crippen LogP contribution in [0.25, 0.3) is 10.9 Å². The summed E-state index contributed by atoms with van der Waals surface area (Å²) in [5.41, 5.74) is 12.9. The van der Waals surface area contributed by atoms with Crippen LogP contribution in [-0.4, -0.2) is 15.0 Å². The minimum atomic E-state index is 0.135. The van der Waals surface area contributed by atoms with E-state index in [9.17, 15) is 0 Å². The van der Waals surface area contributed by atoms with E-state index in [1.165, 1.54) is 0 Å². The third-order valence-electron chi connectivity index (χ3n) is 2.66. The number of para-hydroxylation sites is 1. The van der Waals surface area contributed by atoms with Gasteiger partial charge >= 0.3 is 0 Å². The predicted molar refractivity (Wildman–Crippen MR) is 75.9 cm³/mol. The highest BCUT2D eigenvalue weighted by Crippen LogP contribution is 2.24. The fourth-order valence-corrected chi connectivity index (χ4v) is 1.89. The third-order valence-corrected chi connectivity index (χ3v) is 2.66. The summed E-state index contributed by atoms with van der Waals surface area (Å²) in [6.45, 7) is 0. The van der Waals surface area contributed by atoms with Gasteiger partial charge in [0.05, 0.1) is 11.2 Å². The van der Waals surface area contributed by atoms with Crippen LogP contribution in [0.3, 0.4) is 0 Å². The number of benzene rings is 1. The molecular formula is C13H12N6. The van der Waals surface area contributed by atoms with Crippen LogP contribution in [0.15, 0.2) is 42.6 Å². The summed E-state index contributed by atoms with van der Waals surface area (Å²) in [7, 11) is 0. The van der Waals surface area contributed by atoms with Crippen molar-refractivity contribution in [2.24, 2.45) is 0 Å². The molecule has 0 amide bonds. The topological polar surface area (TPSA) is 103 Å². The number of hydrogen-bond acceptors (Lipinski definition) is 6. The minimum Gasteiger partial charge on any atom is -0.383 e. The number of nitrogens with two attached hydrogens (primary N) is 2. The van der Waals surface area contributed by atoms with Gasteiger partial charge in [-0.3, -0.25) is 4.98 Å². The first-order valence-corrected chi connectivity index (χ1v) is 5.73. The van der Waals surface area contributed by atoms with Crippen molar-refractivity contribution >= 4 is 34.2 Å². The predicted octanol–water partition coefficient (Wildman–Crippen LogP) is 1.93. The van der Waals surface area contributed by atoms with Crippen LogP contribution in [0.2, 0.25) is 0 Å². The molecule has 0 aliphatic carbocycles. The SMILES string of the molecule is Nc1cc(Nc2cccc3cccnc23)nc(N)n1. The Balaban J connectivity index is 2.05.